The van der Waals surface area contributed by atoms with E-state index in [1.165, 1.54) is 37.3 Å². The molecular weight excluding hydrogens is 345 g/mol. The number of hydrogen-bond donors (Lipinski definition) is 2. The molecule has 0 aliphatic carbocycles. The van der Waals surface area contributed by atoms with Crippen LogP contribution in [0.15, 0.2) is 47.4 Å². The Bertz CT molecular complexity index is 863. The number of phenolic OH excluding ortho intramolecular Hbond substituents is 1. The summed E-state index contributed by atoms with van der Waals surface area (Å²) in [6.45, 7) is 3.34. The summed E-state index contributed by atoms with van der Waals surface area (Å²) in [5.41, 5.74) is 0.855. The van der Waals surface area contributed by atoms with E-state index in [0.717, 1.165) is 5.56 Å². The molecular formula is C18H20FNO4S. The number of anilines is 1. The van der Waals surface area contributed by atoms with Crippen LogP contribution in [0.5, 0.6) is 5.75 Å². The van der Waals surface area contributed by atoms with Gasteiger partial charge in [0.2, 0.25) is 5.91 Å². The number of nitrogens with one attached hydrogen (secondary N) is 1. The fourth-order valence-corrected chi connectivity index (χ4v) is 3.27. The summed E-state index contributed by atoms with van der Waals surface area (Å²) >= 11 is 0. The lowest BCUT2D eigenvalue weighted by atomic mass is 9.97. The third-order valence-electron chi connectivity index (χ3n) is 3.91. The van der Waals surface area contributed by atoms with Crippen LogP contribution in [0.2, 0.25) is 0 Å². The van der Waals surface area contributed by atoms with Crippen LogP contribution in [0.1, 0.15) is 31.7 Å². The number of benzene rings is 2. The zero-order chi connectivity index (χ0) is 18.6. The Morgan fingerprint density at radius 3 is 2.44 bits per heavy atom. The van der Waals surface area contributed by atoms with Crippen molar-refractivity contribution in [3.05, 3.63) is 53.8 Å². The minimum atomic E-state index is -3.44. The molecule has 0 aliphatic rings. The van der Waals surface area contributed by atoms with Gasteiger partial charge in [0.25, 0.3) is 0 Å². The lowest BCUT2D eigenvalue weighted by Crippen LogP contribution is -2.15. The second kappa shape index (κ2) is 7.65. The molecule has 1 amide bonds. The maximum absolute atomic E-state index is 13.0. The Morgan fingerprint density at radius 1 is 1.20 bits per heavy atom. The van der Waals surface area contributed by atoms with Crippen molar-refractivity contribution in [3.8, 4) is 5.75 Å². The molecule has 0 unspecified atom stereocenters. The Kier molecular flexibility index (Phi) is 5.79. The second-order valence-electron chi connectivity index (χ2n) is 5.79. The molecule has 2 N–H and O–H groups in total. The number of hydrogen-bond acceptors (Lipinski definition) is 4. The first-order valence-electron chi connectivity index (χ1n) is 7.84. The number of carbonyl (C=O) groups excluding carboxylic acids is 1. The molecule has 0 saturated carbocycles. The van der Waals surface area contributed by atoms with Gasteiger partial charge in [0.05, 0.1) is 16.3 Å². The highest BCUT2D eigenvalue weighted by atomic mass is 32.2. The lowest BCUT2D eigenvalue weighted by molar-refractivity contribution is -0.116. The Hall–Kier alpha value is -2.41. The molecule has 134 valence electrons. The third kappa shape index (κ3) is 4.79. The zero-order valence-corrected chi connectivity index (χ0v) is 14.8. The molecule has 0 aliphatic heterocycles. The molecule has 2 aromatic rings. The normalized spacial score (nSPS) is 12.6. The number of phenols is 1. The maximum atomic E-state index is 13.0. The van der Waals surface area contributed by atoms with Crippen LogP contribution >= 0.6 is 0 Å². The molecule has 1 atom stereocenters. The molecule has 0 fully saturated rings. The van der Waals surface area contributed by atoms with Gasteiger partial charge in [-0.1, -0.05) is 26.0 Å². The summed E-state index contributed by atoms with van der Waals surface area (Å²) < 4.78 is 36.8. The smallest absolute Gasteiger partial charge is 0.225 e. The van der Waals surface area contributed by atoms with Crippen molar-refractivity contribution in [2.45, 2.75) is 31.1 Å². The van der Waals surface area contributed by atoms with E-state index >= 15 is 0 Å². The summed E-state index contributed by atoms with van der Waals surface area (Å²) in [7, 11) is -3.44. The molecule has 5 nitrogen and oxygen atoms in total. The van der Waals surface area contributed by atoms with Gasteiger partial charge in [-0.25, -0.2) is 12.8 Å². The van der Waals surface area contributed by atoms with Crippen LogP contribution in [0.3, 0.4) is 0 Å². The first kappa shape index (κ1) is 18.9. The van der Waals surface area contributed by atoms with Crippen molar-refractivity contribution < 1.29 is 22.7 Å². The van der Waals surface area contributed by atoms with Crippen LogP contribution in [-0.4, -0.2) is 25.2 Å². The molecule has 0 heterocycles. The van der Waals surface area contributed by atoms with Crippen LogP contribution in [0.4, 0.5) is 10.1 Å². The molecule has 0 saturated heterocycles. The van der Waals surface area contributed by atoms with Crippen LogP contribution in [-0.2, 0) is 14.6 Å². The van der Waals surface area contributed by atoms with E-state index in [0.29, 0.717) is 0 Å². The van der Waals surface area contributed by atoms with E-state index < -0.39 is 9.84 Å². The summed E-state index contributed by atoms with van der Waals surface area (Å²) in [4.78, 5) is 12.2. The van der Waals surface area contributed by atoms with Gasteiger partial charge in [0.15, 0.2) is 9.84 Å². The van der Waals surface area contributed by atoms with Gasteiger partial charge < -0.3 is 10.4 Å². The van der Waals surface area contributed by atoms with Crippen LogP contribution in [0.25, 0.3) is 0 Å². The Morgan fingerprint density at radius 2 is 1.84 bits per heavy atom. The third-order valence-corrected chi connectivity index (χ3v) is 5.64. The van der Waals surface area contributed by atoms with Gasteiger partial charge in [-0.3, -0.25) is 4.79 Å². The Labute approximate surface area is 146 Å². The van der Waals surface area contributed by atoms with E-state index in [-0.39, 0.29) is 46.1 Å². The summed E-state index contributed by atoms with van der Waals surface area (Å²) in [5.74, 6) is -1.17. The molecule has 0 radical (unpaired) electrons. The predicted molar refractivity (Wildman–Crippen MR) is 93.9 cm³/mol. The van der Waals surface area contributed by atoms with Gasteiger partial charge in [0.1, 0.15) is 11.6 Å². The molecule has 7 heteroatoms. The SMILES string of the molecule is CCS(=O)(=O)c1ccc(O)c(NC(=O)C[C@H](C)c2ccc(F)cc2)c1. The van der Waals surface area contributed by atoms with E-state index in [1.807, 2.05) is 6.92 Å². The quantitative estimate of drug-likeness (QED) is 0.768. The van der Waals surface area contributed by atoms with E-state index in [2.05, 4.69) is 5.32 Å². The fraction of sp³-hybridized carbons (Fsp3) is 0.278. The summed E-state index contributed by atoms with van der Waals surface area (Å²) in [6.07, 6.45) is 0.107. The number of aromatic hydroxyl groups is 1. The largest absolute Gasteiger partial charge is 0.506 e. The number of rotatable bonds is 6. The lowest BCUT2D eigenvalue weighted by Gasteiger charge is -2.13. The number of halogens is 1. The van der Waals surface area contributed by atoms with E-state index in [4.69, 9.17) is 0 Å². The molecule has 2 aromatic carbocycles. The predicted octanol–water partition coefficient (Wildman–Crippen LogP) is 3.46. The van der Waals surface area contributed by atoms with Crippen molar-refractivity contribution in [1.29, 1.82) is 0 Å². The highest BCUT2D eigenvalue weighted by Crippen LogP contribution is 2.28. The van der Waals surface area contributed by atoms with E-state index in [9.17, 15) is 22.7 Å². The fourth-order valence-electron chi connectivity index (χ4n) is 2.36. The number of amides is 1. The summed E-state index contributed by atoms with van der Waals surface area (Å²) in [5, 5.41) is 12.4. The monoisotopic (exact) mass is 365 g/mol. The average molecular weight is 365 g/mol. The van der Waals surface area contributed by atoms with Crippen molar-refractivity contribution in [1.82, 2.24) is 0 Å². The first-order chi connectivity index (χ1) is 11.7. The second-order valence-corrected chi connectivity index (χ2v) is 8.07. The standard InChI is InChI=1S/C18H20FNO4S/c1-3-25(23,24)15-8-9-17(21)16(11-15)20-18(22)10-12(2)13-4-6-14(19)7-5-13/h4-9,11-12,21H,3,10H2,1-2H3,(H,20,22)/t12-/m0/s1. The topological polar surface area (TPSA) is 83.5 Å². The molecule has 2 rings (SSSR count). The minimum Gasteiger partial charge on any atom is -0.506 e. The minimum absolute atomic E-state index is 0.0367. The van der Waals surface area contributed by atoms with Crippen LogP contribution < -0.4 is 5.32 Å². The van der Waals surface area contributed by atoms with Crippen LogP contribution in [0, 0.1) is 5.82 Å². The number of sulfone groups is 1. The maximum Gasteiger partial charge on any atom is 0.225 e. The molecule has 25 heavy (non-hydrogen) atoms. The highest BCUT2D eigenvalue weighted by molar-refractivity contribution is 7.91. The Balaban J connectivity index is 2.12. The van der Waals surface area contributed by atoms with Gasteiger partial charge >= 0.3 is 0 Å². The zero-order valence-electron chi connectivity index (χ0n) is 14.0. The van der Waals surface area contributed by atoms with Gasteiger partial charge in [-0.05, 0) is 41.8 Å². The molecule has 0 aromatic heterocycles. The average Bonchev–Trinajstić information content (AvgIpc) is 2.57. The van der Waals surface area contributed by atoms with Gasteiger partial charge in [-0.15, -0.1) is 0 Å². The first-order valence-corrected chi connectivity index (χ1v) is 9.49. The van der Waals surface area contributed by atoms with Crippen molar-refractivity contribution in [2.75, 3.05) is 11.1 Å². The van der Waals surface area contributed by atoms with Gasteiger partial charge in [0, 0.05) is 6.42 Å². The van der Waals surface area contributed by atoms with Crippen molar-refractivity contribution in [3.63, 3.8) is 0 Å². The highest BCUT2D eigenvalue weighted by Gasteiger charge is 2.17. The molecule has 0 bridgehead atoms. The van der Waals surface area contributed by atoms with Gasteiger partial charge in [-0.2, -0.15) is 0 Å². The van der Waals surface area contributed by atoms with Crippen molar-refractivity contribution in [2.24, 2.45) is 0 Å². The van der Waals surface area contributed by atoms with E-state index in [1.54, 1.807) is 12.1 Å². The number of carbonyl (C=O) groups is 1. The summed E-state index contributed by atoms with van der Waals surface area (Å²) in [6, 6.07) is 9.66. The van der Waals surface area contributed by atoms with Crippen molar-refractivity contribution >= 4 is 21.4 Å². The molecule has 0 spiro atoms.